The maximum absolute atomic E-state index is 12.7. The lowest BCUT2D eigenvalue weighted by Crippen LogP contribution is -2.23. The van der Waals surface area contributed by atoms with Gasteiger partial charge < -0.3 is 5.32 Å². The van der Waals surface area contributed by atoms with E-state index in [1.807, 2.05) is 0 Å². The van der Waals surface area contributed by atoms with Crippen molar-refractivity contribution in [1.29, 1.82) is 0 Å². The lowest BCUT2D eigenvalue weighted by atomic mass is 10.2. The zero-order valence-electron chi connectivity index (χ0n) is 14.8. The highest BCUT2D eigenvalue weighted by Gasteiger charge is 2.20. The predicted octanol–water partition coefficient (Wildman–Crippen LogP) is 5.38. The van der Waals surface area contributed by atoms with Crippen molar-refractivity contribution in [2.75, 3.05) is 4.72 Å². The lowest BCUT2D eigenvalue weighted by molar-refractivity contribution is 0.0950. The topological polar surface area (TPSA) is 75.3 Å². The molecule has 0 fully saturated rings. The SMILES string of the molecule is O=C(NCc1ccc(Cl)cc1Cl)c1ccc(Cl)c(S(=O)(=O)Nc2ccccc2)c1. The maximum Gasteiger partial charge on any atom is 0.263 e. The molecule has 1 amide bonds. The fourth-order valence-electron chi connectivity index (χ4n) is 2.51. The Morgan fingerprint density at radius 2 is 1.59 bits per heavy atom. The van der Waals surface area contributed by atoms with Crippen molar-refractivity contribution in [3.63, 3.8) is 0 Å². The second-order valence-corrected chi connectivity index (χ2v) is 8.94. The Bertz CT molecular complexity index is 1150. The van der Waals surface area contributed by atoms with Crippen molar-refractivity contribution in [1.82, 2.24) is 5.32 Å². The highest BCUT2D eigenvalue weighted by atomic mass is 35.5. The Hall–Kier alpha value is -2.25. The molecule has 0 aliphatic rings. The molecule has 2 N–H and O–H groups in total. The molecule has 3 aromatic carbocycles. The van der Waals surface area contributed by atoms with Crippen LogP contribution in [-0.2, 0) is 16.6 Å². The van der Waals surface area contributed by atoms with E-state index < -0.39 is 15.9 Å². The number of nitrogens with one attached hydrogen (secondary N) is 2. The number of amides is 1. The van der Waals surface area contributed by atoms with Gasteiger partial charge in [0.05, 0.1) is 5.02 Å². The maximum atomic E-state index is 12.7. The summed E-state index contributed by atoms with van der Waals surface area (Å²) in [6.07, 6.45) is 0. The number of rotatable bonds is 6. The number of carbonyl (C=O) groups excluding carboxylic acids is 1. The van der Waals surface area contributed by atoms with E-state index in [0.29, 0.717) is 21.3 Å². The van der Waals surface area contributed by atoms with Crippen LogP contribution in [0.4, 0.5) is 5.69 Å². The summed E-state index contributed by atoms with van der Waals surface area (Å²) in [6.45, 7) is 0.155. The van der Waals surface area contributed by atoms with E-state index >= 15 is 0 Å². The fourth-order valence-corrected chi connectivity index (χ4v) is 4.57. The van der Waals surface area contributed by atoms with E-state index in [2.05, 4.69) is 10.0 Å². The number of hydrogen-bond donors (Lipinski definition) is 2. The minimum atomic E-state index is -3.98. The molecule has 0 unspecified atom stereocenters. The van der Waals surface area contributed by atoms with Crippen LogP contribution in [0.15, 0.2) is 71.6 Å². The van der Waals surface area contributed by atoms with Crippen molar-refractivity contribution in [2.45, 2.75) is 11.4 Å². The largest absolute Gasteiger partial charge is 0.348 e. The normalized spacial score (nSPS) is 11.1. The summed E-state index contributed by atoms with van der Waals surface area (Å²) in [5.74, 6) is -0.469. The smallest absolute Gasteiger partial charge is 0.263 e. The van der Waals surface area contributed by atoms with Gasteiger partial charge in [-0.1, -0.05) is 59.1 Å². The average molecular weight is 470 g/mol. The van der Waals surface area contributed by atoms with Gasteiger partial charge >= 0.3 is 0 Å². The molecule has 0 saturated carbocycles. The van der Waals surface area contributed by atoms with Crippen LogP contribution in [0.1, 0.15) is 15.9 Å². The van der Waals surface area contributed by atoms with Crippen LogP contribution in [0, 0.1) is 0 Å². The Morgan fingerprint density at radius 1 is 0.862 bits per heavy atom. The Morgan fingerprint density at radius 3 is 2.28 bits per heavy atom. The molecular weight excluding hydrogens is 455 g/mol. The number of hydrogen-bond acceptors (Lipinski definition) is 3. The van der Waals surface area contributed by atoms with E-state index in [-0.39, 0.29) is 22.0 Å². The molecule has 9 heteroatoms. The molecule has 0 aromatic heterocycles. The highest BCUT2D eigenvalue weighted by molar-refractivity contribution is 7.92. The van der Waals surface area contributed by atoms with Crippen LogP contribution in [0.3, 0.4) is 0 Å². The van der Waals surface area contributed by atoms with Crippen molar-refractivity contribution < 1.29 is 13.2 Å². The van der Waals surface area contributed by atoms with E-state index in [9.17, 15) is 13.2 Å². The van der Waals surface area contributed by atoms with Gasteiger partial charge in [-0.25, -0.2) is 8.42 Å². The molecule has 0 saturated heterocycles. The Kier molecular flexibility index (Phi) is 6.70. The molecule has 0 aliphatic heterocycles. The first-order valence-corrected chi connectivity index (χ1v) is 11.0. The first kappa shape index (κ1) is 21.5. The van der Waals surface area contributed by atoms with Gasteiger partial charge in [0, 0.05) is 27.8 Å². The molecule has 3 rings (SSSR count). The summed E-state index contributed by atoms with van der Waals surface area (Å²) in [7, 11) is -3.98. The zero-order valence-corrected chi connectivity index (χ0v) is 17.9. The number of benzene rings is 3. The second kappa shape index (κ2) is 9.05. The van der Waals surface area contributed by atoms with Gasteiger partial charge in [-0.15, -0.1) is 0 Å². The summed E-state index contributed by atoms with van der Waals surface area (Å²) in [4.78, 5) is 12.3. The van der Waals surface area contributed by atoms with Gasteiger partial charge in [-0.3, -0.25) is 9.52 Å². The summed E-state index contributed by atoms with van der Waals surface area (Å²) in [6, 6.07) is 17.4. The van der Waals surface area contributed by atoms with E-state index in [0.717, 1.165) is 0 Å². The predicted molar refractivity (Wildman–Crippen MR) is 116 cm³/mol. The number of halogens is 3. The van der Waals surface area contributed by atoms with Crippen molar-refractivity contribution >= 4 is 56.4 Å². The zero-order chi connectivity index (χ0) is 21.0. The molecule has 150 valence electrons. The van der Waals surface area contributed by atoms with Gasteiger partial charge in [0.1, 0.15) is 4.90 Å². The molecular formula is C20H15Cl3N2O3S. The quantitative estimate of drug-likeness (QED) is 0.509. The summed E-state index contributed by atoms with van der Waals surface area (Å²) < 4.78 is 27.8. The highest BCUT2D eigenvalue weighted by Crippen LogP contribution is 2.25. The number of carbonyl (C=O) groups is 1. The summed E-state index contributed by atoms with van der Waals surface area (Å²) >= 11 is 18.0. The van der Waals surface area contributed by atoms with E-state index in [4.69, 9.17) is 34.8 Å². The number of anilines is 1. The van der Waals surface area contributed by atoms with Crippen molar-refractivity contribution in [3.05, 3.63) is 92.9 Å². The van der Waals surface area contributed by atoms with Crippen LogP contribution >= 0.6 is 34.8 Å². The molecule has 3 aromatic rings. The summed E-state index contributed by atoms with van der Waals surface area (Å²) in [5, 5.41) is 3.61. The van der Waals surface area contributed by atoms with Crippen LogP contribution in [0.2, 0.25) is 15.1 Å². The summed E-state index contributed by atoms with van der Waals surface area (Å²) in [5.41, 5.74) is 1.21. The van der Waals surface area contributed by atoms with E-state index in [1.54, 1.807) is 48.5 Å². The molecule has 0 radical (unpaired) electrons. The Labute approximate surface area is 183 Å². The monoisotopic (exact) mass is 468 g/mol. The number of sulfonamides is 1. The third-order valence-corrected chi connectivity index (χ3v) is 6.41. The van der Waals surface area contributed by atoms with Gasteiger partial charge in [-0.2, -0.15) is 0 Å². The van der Waals surface area contributed by atoms with Gasteiger partial charge in [0.25, 0.3) is 15.9 Å². The van der Waals surface area contributed by atoms with Crippen molar-refractivity contribution in [3.8, 4) is 0 Å². The molecule has 0 atom stereocenters. The van der Waals surface area contributed by atoms with E-state index in [1.165, 1.54) is 18.2 Å². The first-order chi connectivity index (χ1) is 13.8. The number of para-hydroxylation sites is 1. The minimum Gasteiger partial charge on any atom is -0.348 e. The molecule has 0 bridgehead atoms. The van der Waals surface area contributed by atoms with Crippen LogP contribution < -0.4 is 10.0 Å². The molecule has 29 heavy (non-hydrogen) atoms. The van der Waals surface area contributed by atoms with Crippen LogP contribution in [0.25, 0.3) is 0 Å². The molecule has 5 nitrogen and oxygen atoms in total. The molecule has 0 spiro atoms. The third-order valence-electron chi connectivity index (χ3n) is 3.96. The molecule has 0 aliphatic carbocycles. The van der Waals surface area contributed by atoms with Gasteiger partial charge in [0.15, 0.2) is 0 Å². The minimum absolute atomic E-state index is 0.00530. The van der Waals surface area contributed by atoms with Crippen LogP contribution in [-0.4, -0.2) is 14.3 Å². The van der Waals surface area contributed by atoms with Crippen molar-refractivity contribution in [2.24, 2.45) is 0 Å². The van der Waals surface area contributed by atoms with Crippen LogP contribution in [0.5, 0.6) is 0 Å². The third kappa shape index (κ3) is 5.42. The average Bonchev–Trinajstić information content (AvgIpc) is 2.67. The molecule has 0 heterocycles. The fraction of sp³-hybridized carbons (Fsp3) is 0.0500. The van der Waals surface area contributed by atoms with Gasteiger partial charge in [0.2, 0.25) is 0 Å². The Balaban J connectivity index is 1.79. The van der Waals surface area contributed by atoms with Gasteiger partial charge in [-0.05, 0) is 48.0 Å². The second-order valence-electron chi connectivity index (χ2n) is 6.04. The lowest BCUT2D eigenvalue weighted by Gasteiger charge is -2.12. The standard InChI is InChI=1S/C20H15Cl3N2O3S/c21-15-8-6-14(18(23)11-15)12-24-20(26)13-7-9-17(22)19(10-13)29(27,28)25-16-4-2-1-3-5-16/h1-11,25H,12H2,(H,24,26). The first-order valence-electron chi connectivity index (χ1n) is 8.36.